The molecule has 0 saturated carbocycles. The second kappa shape index (κ2) is 6.00. The van der Waals surface area contributed by atoms with Gasteiger partial charge >= 0.3 is 0 Å². The molecule has 0 aliphatic rings. The highest BCUT2D eigenvalue weighted by molar-refractivity contribution is 5.97. The molecule has 0 unspecified atom stereocenters. The topological polar surface area (TPSA) is 75.4 Å². The van der Waals surface area contributed by atoms with Crippen LogP contribution in [0.4, 0.5) is 10.1 Å². The number of carbonyl (C=O) groups is 2. The van der Waals surface area contributed by atoms with Crippen molar-refractivity contribution in [2.75, 3.05) is 25.9 Å². The zero-order valence-corrected chi connectivity index (χ0v) is 10.4. The quantitative estimate of drug-likeness (QED) is 0.772. The van der Waals surface area contributed by atoms with Gasteiger partial charge in [0.2, 0.25) is 5.91 Å². The van der Waals surface area contributed by atoms with Crippen LogP contribution in [0.1, 0.15) is 17.3 Å². The smallest absolute Gasteiger partial charge is 0.257 e. The third-order valence-electron chi connectivity index (χ3n) is 2.32. The fourth-order valence-electron chi connectivity index (χ4n) is 1.45. The van der Waals surface area contributed by atoms with E-state index in [1.165, 1.54) is 19.2 Å². The molecule has 0 radical (unpaired) electrons. The summed E-state index contributed by atoms with van der Waals surface area (Å²) in [6.07, 6.45) is 0. The van der Waals surface area contributed by atoms with E-state index in [1.54, 1.807) is 6.92 Å². The van der Waals surface area contributed by atoms with Crippen molar-refractivity contribution < 1.29 is 14.0 Å². The molecular formula is C12H16FN3O2. The number of nitrogens with two attached hydrogens (primary N) is 1. The van der Waals surface area contributed by atoms with Gasteiger partial charge < -0.3 is 16.0 Å². The minimum atomic E-state index is -0.656. The average Bonchev–Trinajstić information content (AvgIpc) is 2.31. The molecule has 0 spiro atoms. The van der Waals surface area contributed by atoms with Crippen LogP contribution in [0, 0.1) is 5.82 Å². The molecule has 0 bridgehead atoms. The summed E-state index contributed by atoms with van der Waals surface area (Å²) in [5.74, 6) is -1.53. The lowest BCUT2D eigenvalue weighted by Crippen LogP contribution is -2.38. The molecule has 3 N–H and O–H groups in total. The second-order valence-electron chi connectivity index (χ2n) is 3.85. The molecule has 0 saturated heterocycles. The first-order valence-corrected chi connectivity index (χ1v) is 5.53. The lowest BCUT2D eigenvalue weighted by molar-refractivity contribution is -0.121. The summed E-state index contributed by atoms with van der Waals surface area (Å²) in [4.78, 5) is 24.4. The molecular weight excluding hydrogens is 237 g/mol. The molecule has 1 aromatic rings. The number of nitrogens with zero attached hydrogens (tertiary/aromatic N) is 1. The lowest BCUT2D eigenvalue weighted by atomic mass is 10.1. The summed E-state index contributed by atoms with van der Waals surface area (Å²) in [7, 11) is 1.43. The second-order valence-corrected chi connectivity index (χ2v) is 3.85. The zero-order valence-electron chi connectivity index (χ0n) is 10.4. The largest absolute Gasteiger partial charge is 0.399 e. The van der Waals surface area contributed by atoms with Gasteiger partial charge in [0.15, 0.2) is 0 Å². The zero-order chi connectivity index (χ0) is 13.7. The van der Waals surface area contributed by atoms with Gasteiger partial charge in [-0.2, -0.15) is 0 Å². The predicted molar refractivity (Wildman–Crippen MR) is 66.5 cm³/mol. The highest BCUT2D eigenvalue weighted by atomic mass is 19.1. The molecule has 0 atom stereocenters. The summed E-state index contributed by atoms with van der Waals surface area (Å²) >= 11 is 0. The van der Waals surface area contributed by atoms with E-state index in [2.05, 4.69) is 5.32 Å². The Morgan fingerprint density at radius 3 is 2.72 bits per heavy atom. The van der Waals surface area contributed by atoms with E-state index >= 15 is 0 Å². The normalized spacial score (nSPS) is 9.94. The van der Waals surface area contributed by atoms with Crippen LogP contribution in [-0.2, 0) is 4.79 Å². The maximum atomic E-state index is 13.5. The van der Waals surface area contributed by atoms with Gasteiger partial charge in [-0.3, -0.25) is 9.59 Å². The van der Waals surface area contributed by atoms with E-state index in [9.17, 15) is 14.0 Å². The molecule has 18 heavy (non-hydrogen) atoms. The van der Waals surface area contributed by atoms with Crippen molar-refractivity contribution in [1.29, 1.82) is 0 Å². The van der Waals surface area contributed by atoms with E-state index < -0.39 is 11.7 Å². The fraction of sp³-hybridized carbons (Fsp3) is 0.333. The van der Waals surface area contributed by atoms with Gasteiger partial charge in [-0.05, 0) is 25.1 Å². The van der Waals surface area contributed by atoms with Crippen LogP contribution in [0.3, 0.4) is 0 Å². The molecule has 1 rings (SSSR count). The molecule has 2 amide bonds. The van der Waals surface area contributed by atoms with Crippen LogP contribution in [0.5, 0.6) is 0 Å². The minimum Gasteiger partial charge on any atom is -0.399 e. The highest BCUT2D eigenvalue weighted by Crippen LogP contribution is 2.13. The number of likely N-dealkylation sites (N-methyl/N-ethyl adjacent to an activating group) is 2. The van der Waals surface area contributed by atoms with Crippen molar-refractivity contribution in [2.24, 2.45) is 0 Å². The van der Waals surface area contributed by atoms with Crippen molar-refractivity contribution in [1.82, 2.24) is 10.2 Å². The molecule has 0 fully saturated rings. The van der Waals surface area contributed by atoms with Crippen LogP contribution >= 0.6 is 0 Å². The Hall–Kier alpha value is -2.11. The van der Waals surface area contributed by atoms with Crippen molar-refractivity contribution in [3.05, 3.63) is 29.6 Å². The standard InChI is InChI=1S/C12H16FN3O2/c1-3-15-11(17)7-16(2)12(18)9-6-8(14)4-5-10(9)13/h4-6H,3,7,14H2,1-2H3,(H,15,17). The number of benzene rings is 1. The van der Waals surface area contributed by atoms with Crippen LogP contribution in [0.2, 0.25) is 0 Å². The van der Waals surface area contributed by atoms with Gasteiger partial charge in [0, 0.05) is 19.3 Å². The van der Waals surface area contributed by atoms with Crippen molar-refractivity contribution in [3.8, 4) is 0 Å². The number of hydrogen-bond donors (Lipinski definition) is 2. The number of nitrogen functional groups attached to an aromatic ring is 1. The monoisotopic (exact) mass is 253 g/mol. The van der Waals surface area contributed by atoms with Crippen LogP contribution in [0.25, 0.3) is 0 Å². The molecule has 5 nitrogen and oxygen atoms in total. The van der Waals surface area contributed by atoms with E-state index in [1.807, 2.05) is 0 Å². The van der Waals surface area contributed by atoms with Crippen LogP contribution < -0.4 is 11.1 Å². The first-order chi connectivity index (χ1) is 8.45. The molecule has 0 heterocycles. The summed E-state index contributed by atoms with van der Waals surface area (Å²) in [6, 6.07) is 3.75. The lowest BCUT2D eigenvalue weighted by Gasteiger charge is -2.17. The average molecular weight is 253 g/mol. The third-order valence-corrected chi connectivity index (χ3v) is 2.32. The summed E-state index contributed by atoms with van der Waals surface area (Å²) in [5, 5.41) is 2.56. The van der Waals surface area contributed by atoms with Gasteiger partial charge in [0.05, 0.1) is 12.1 Å². The first kappa shape index (κ1) is 14.0. The number of hydrogen-bond acceptors (Lipinski definition) is 3. The number of halogens is 1. The molecule has 6 heteroatoms. The van der Waals surface area contributed by atoms with Crippen LogP contribution in [0.15, 0.2) is 18.2 Å². The minimum absolute atomic E-state index is 0.124. The Bertz CT molecular complexity index is 463. The van der Waals surface area contributed by atoms with Gasteiger partial charge in [-0.25, -0.2) is 4.39 Å². The van der Waals surface area contributed by atoms with Gasteiger partial charge in [0.1, 0.15) is 5.82 Å². The van der Waals surface area contributed by atoms with E-state index in [4.69, 9.17) is 5.73 Å². The molecule has 98 valence electrons. The fourth-order valence-corrected chi connectivity index (χ4v) is 1.45. The van der Waals surface area contributed by atoms with Gasteiger partial charge in [-0.15, -0.1) is 0 Å². The van der Waals surface area contributed by atoms with Crippen molar-refractivity contribution in [2.45, 2.75) is 6.92 Å². The van der Waals surface area contributed by atoms with E-state index in [0.717, 1.165) is 11.0 Å². The Morgan fingerprint density at radius 1 is 1.44 bits per heavy atom. The Labute approximate surface area is 105 Å². The molecule has 0 aliphatic heterocycles. The Morgan fingerprint density at radius 2 is 2.11 bits per heavy atom. The molecule has 1 aromatic carbocycles. The molecule has 0 aromatic heterocycles. The van der Waals surface area contributed by atoms with Crippen LogP contribution in [-0.4, -0.2) is 36.9 Å². The third kappa shape index (κ3) is 3.44. The number of carbonyl (C=O) groups excluding carboxylic acids is 2. The highest BCUT2D eigenvalue weighted by Gasteiger charge is 2.18. The number of amides is 2. The summed E-state index contributed by atoms with van der Waals surface area (Å²) in [6.45, 7) is 2.13. The Balaban J connectivity index is 2.80. The number of nitrogens with one attached hydrogen (secondary N) is 1. The first-order valence-electron chi connectivity index (χ1n) is 5.53. The summed E-state index contributed by atoms with van der Waals surface area (Å²) in [5.41, 5.74) is 5.66. The maximum absolute atomic E-state index is 13.5. The maximum Gasteiger partial charge on any atom is 0.257 e. The van der Waals surface area contributed by atoms with E-state index in [0.29, 0.717) is 12.2 Å². The van der Waals surface area contributed by atoms with Gasteiger partial charge in [-0.1, -0.05) is 0 Å². The van der Waals surface area contributed by atoms with E-state index in [-0.39, 0.29) is 18.0 Å². The van der Waals surface area contributed by atoms with Crippen molar-refractivity contribution >= 4 is 17.5 Å². The molecule has 0 aliphatic carbocycles. The van der Waals surface area contributed by atoms with Crippen molar-refractivity contribution in [3.63, 3.8) is 0 Å². The van der Waals surface area contributed by atoms with Gasteiger partial charge in [0.25, 0.3) is 5.91 Å². The summed E-state index contributed by atoms with van der Waals surface area (Å²) < 4.78 is 13.5. The SMILES string of the molecule is CCNC(=O)CN(C)C(=O)c1cc(N)ccc1F. The number of rotatable bonds is 4. The Kier molecular flexibility index (Phi) is 4.65. The number of anilines is 1. The predicted octanol–water partition coefficient (Wildman–Crippen LogP) is 0.616.